The lowest BCUT2D eigenvalue weighted by Gasteiger charge is -2.18. The van der Waals surface area contributed by atoms with Crippen LogP contribution < -0.4 is 14.2 Å². The van der Waals surface area contributed by atoms with E-state index < -0.39 is 11.7 Å². The highest BCUT2D eigenvalue weighted by Crippen LogP contribution is 2.36. The molecule has 0 aliphatic carbocycles. The number of nitrogens with zero attached hydrogens (tertiary/aromatic N) is 1. The predicted octanol–water partition coefficient (Wildman–Crippen LogP) is 5.33. The number of benzene rings is 2. The number of ether oxygens (including phenoxy) is 3. The maximum atomic E-state index is 12.9. The zero-order valence-electron chi connectivity index (χ0n) is 14.0. The molecule has 3 aromatic rings. The summed E-state index contributed by atoms with van der Waals surface area (Å²) in [7, 11) is 0. The summed E-state index contributed by atoms with van der Waals surface area (Å²) in [5.74, 6) is 1.97. The summed E-state index contributed by atoms with van der Waals surface area (Å²) >= 11 is 0. The van der Waals surface area contributed by atoms with Gasteiger partial charge in [-0.2, -0.15) is 13.2 Å². The lowest BCUT2D eigenvalue weighted by Crippen LogP contribution is -2.15. The molecule has 0 radical (unpaired) electrons. The number of rotatable bonds is 3. The minimum absolute atomic E-state index is 0.265. The van der Waals surface area contributed by atoms with Crippen molar-refractivity contribution in [2.24, 2.45) is 0 Å². The molecule has 0 N–H and O–H groups in total. The Hall–Kier alpha value is -3.22. The largest absolute Gasteiger partial charge is 0.486 e. The summed E-state index contributed by atoms with van der Waals surface area (Å²) in [6, 6.07) is 13.5. The second-order valence-electron chi connectivity index (χ2n) is 5.87. The third kappa shape index (κ3) is 3.81. The molecular weight excluding hydrogens is 359 g/mol. The van der Waals surface area contributed by atoms with Crippen LogP contribution in [0.3, 0.4) is 0 Å². The predicted molar refractivity (Wildman–Crippen MR) is 92.2 cm³/mol. The van der Waals surface area contributed by atoms with Gasteiger partial charge in [-0.15, -0.1) is 0 Å². The lowest BCUT2D eigenvalue weighted by atomic mass is 10.0. The van der Waals surface area contributed by atoms with Crippen molar-refractivity contribution in [2.75, 3.05) is 13.2 Å². The van der Waals surface area contributed by atoms with Gasteiger partial charge in [-0.1, -0.05) is 12.1 Å². The first-order valence-corrected chi connectivity index (χ1v) is 8.20. The smallest absolute Gasteiger partial charge is 0.416 e. The molecule has 0 spiro atoms. The average Bonchev–Trinajstić information content (AvgIpc) is 2.68. The Morgan fingerprint density at radius 3 is 2.44 bits per heavy atom. The third-order valence-electron chi connectivity index (χ3n) is 3.99. The summed E-state index contributed by atoms with van der Waals surface area (Å²) < 4.78 is 55.5. The first-order chi connectivity index (χ1) is 13.0. The molecule has 4 rings (SSSR count). The van der Waals surface area contributed by atoms with E-state index in [2.05, 4.69) is 4.98 Å². The average molecular weight is 373 g/mol. The van der Waals surface area contributed by atoms with E-state index in [1.54, 1.807) is 36.4 Å². The van der Waals surface area contributed by atoms with Gasteiger partial charge in [0.1, 0.15) is 19.0 Å². The molecule has 0 saturated heterocycles. The first kappa shape index (κ1) is 17.2. The minimum Gasteiger partial charge on any atom is -0.486 e. The maximum absolute atomic E-state index is 12.9. The highest BCUT2D eigenvalue weighted by molar-refractivity contribution is 5.65. The SMILES string of the molecule is FC(F)(F)c1cccc(-c2ccnc(Oc3ccc4c(c3)OCCO4)c2)c1. The van der Waals surface area contributed by atoms with Crippen molar-refractivity contribution in [1.29, 1.82) is 0 Å². The van der Waals surface area contributed by atoms with Crippen LogP contribution in [0.4, 0.5) is 13.2 Å². The van der Waals surface area contributed by atoms with Crippen LogP contribution in [-0.4, -0.2) is 18.2 Å². The van der Waals surface area contributed by atoms with Crippen molar-refractivity contribution in [3.8, 4) is 34.3 Å². The van der Waals surface area contributed by atoms with E-state index in [9.17, 15) is 13.2 Å². The van der Waals surface area contributed by atoms with Crippen molar-refractivity contribution in [2.45, 2.75) is 6.18 Å². The highest BCUT2D eigenvalue weighted by atomic mass is 19.4. The molecule has 2 aromatic carbocycles. The van der Waals surface area contributed by atoms with Gasteiger partial charge in [0.25, 0.3) is 0 Å². The molecule has 4 nitrogen and oxygen atoms in total. The van der Waals surface area contributed by atoms with Crippen molar-refractivity contribution in [3.05, 3.63) is 66.4 Å². The quantitative estimate of drug-likeness (QED) is 0.622. The van der Waals surface area contributed by atoms with Gasteiger partial charge in [0.15, 0.2) is 11.5 Å². The van der Waals surface area contributed by atoms with Crippen molar-refractivity contribution in [1.82, 2.24) is 4.98 Å². The van der Waals surface area contributed by atoms with Gasteiger partial charge < -0.3 is 14.2 Å². The Kier molecular flexibility index (Phi) is 4.35. The summed E-state index contributed by atoms with van der Waals surface area (Å²) in [5, 5.41) is 0. The molecule has 0 bridgehead atoms. The zero-order chi connectivity index (χ0) is 18.9. The molecule has 27 heavy (non-hydrogen) atoms. The molecule has 1 aromatic heterocycles. The Bertz CT molecular complexity index is 973. The Balaban J connectivity index is 1.60. The highest BCUT2D eigenvalue weighted by Gasteiger charge is 2.30. The number of aromatic nitrogens is 1. The second kappa shape index (κ2) is 6.83. The molecule has 0 unspecified atom stereocenters. The number of hydrogen-bond donors (Lipinski definition) is 0. The molecular formula is C20H14F3NO3. The number of fused-ring (bicyclic) bond motifs is 1. The minimum atomic E-state index is -4.40. The fourth-order valence-electron chi connectivity index (χ4n) is 2.73. The van der Waals surface area contributed by atoms with E-state index in [1.807, 2.05) is 0 Å². The molecule has 138 valence electrons. The fraction of sp³-hybridized carbons (Fsp3) is 0.150. The Morgan fingerprint density at radius 2 is 1.63 bits per heavy atom. The van der Waals surface area contributed by atoms with E-state index in [1.165, 1.54) is 12.3 Å². The van der Waals surface area contributed by atoms with Gasteiger partial charge in [0, 0.05) is 18.3 Å². The Morgan fingerprint density at radius 1 is 0.852 bits per heavy atom. The van der Waals surface area contributed by atoms with Crippen molar-refractivity contribution >= 4 is 0 Å². The fourth-order valence-corrected chi connectivity index (χ4v) is 2.73. The summed E-state index contributed by atoms with van der Waals surface area (Å²) in [4.78, 5) is 4.13. The van der Waals surface area contributed by atoms with E-state index in [0.717, 1.165) is 12.1 Å². The van der Waals surface area contributed by atoms with Gasteiger partial charge in [-0.25, -0.2) is 4.98 Å². The van der Waals surface area contributed by atoms with Crippen LogP contribution in [0.2, 0.25) is 0 Å². The summed E-state index contributed by atoms with van der Waals surface area (Å²) in [6.07, 6.45) is -2.91. The molecule has 0 fully saturated rings. The van der Waals surface area contributed by atoms with E-state index >= 15 is 0 Å². The van der Waals surface area contributed by atoms with Gasteiger partial charge in [0.2, 0.25) is 5.88 Å². The van der Waals surface area contributed by atoms with Gasteiger partial charge in [0.05, 0.1) is 5.56 Å². The van der Waals surface area contributed by atoms with E-state index in [4.69, 9.17) is 14.2 Å². The standard InChI is InChI=1S/C20H14F3NO3/c21-20(22,23)15-3-1-2-13(10-15)14-6-7-24-19(11-14)27-16-4-5-17-18(12-16)26-9-8-25-17/h1-7,10-12H,8-9H2. The molecule has 1 aliphatic rings. The number of halogens is 3. The van der Waals surface area contributed by atoms with Crippen LogP contribution in [0.5, 0.6) is 23.1 Å². The number of pyridine rings is 1. The van der Waals surface area contributed by atoms with E-state index in [0.29, 0.717) is 41.6 Å². The van der Waals surface area contributed by atoms with Crippen LogP contribution in [-0.2, 0) is 6.18 Å². The molecule has 2 heterocycles. The number of alkyl halides is 3. The number of hydrogen-bond acceptors (Lipinski definition) is 4. The van der Waals surface area contributed by atoms with Crippen LogP contribution in [0.15, 0.2) is 60.8 Å². The maximum Gasteiger partial charge on any atom is 0.416 e. The molecule has 0 atom stereocenters. The zero-order valence-corrected chi connectivity index (χ0v) is 14.0. The normalized spacial score (nSPS) is 13.3. The van der Waals surface area contributed by atoms with Gasteiger partial charge >= 0.3 is 6.18 Å². The lowest BCUT2D eigenvalue weighted by molar-refractivity contribution is -0.137. The van der Waals surface area contributed by atoms with Crippen molar-refractivity contribution in [3.63, 3.8) is 0 Å². The van der Waals surface area contributed by atoms with E-state index in [-0.39, 0.29) is 5.88 Å². The summed E-state index contributed by atoms with van der Waals surface area (Å²) in [6.45, 7) is 0.952. The van der Waals surface area contributed by atoms with Gasteiger partial charge in [-0.05, 0) is 41.5 Å². The molecule has 7 heteroatoms. The first-order valence-electron chi connectivity index (χ1n) is 8.20. The third-order valence-corrected chi connectivity index (χ3v) is 3.99. The molecule has 0 saturated carbocycles. The molecule has 1 aliphatic heterocycles. The van der Waals surface area contributed by atoms with Crippen LogP contribution in [0.25, 0.3) is 11.1 Å². The second-order valence-corrected chi connectivity index (χ2v) is 5.87. The van der Waals surface area contributed by atoms with Crippen LogP contribution in [0, 0.1) is 0 Å². The monoisotopic (exact) mass is 373 g/mol. The topological polar surface area (TPSA) is 40.6 Å². The van der Waals surface area contributed by atoms with Crippen LogP contribution >= 0.6 is 0 Å². The van der Waals surface area contributed by atoms with Crippen LogP contribution in [0.1, 0.15) is 5.56 Å². The Labute approximate surface area is 153 Å². The summed E-state index contributed by atoms with van der Waals surface area (Å²) in [5.41, 5.74) is 0.300. The van der Waals surface area contributed by atoms with Crippen molar-refractivity contribution < 1.29 is 27.4 Å². The van der Waals surface area contributed by atoms with Gasteiger partial charge in [-0.3, -0.25) is 0 Å². The molecule has 0 amide bonds.